The van der Waals surface area contributed by atoms with E-state index in [1.165, 1.54) is 0 Å². The molecule has 26 heavy (non-hydrogen) atoms. The van der Waals surface area contributed by atoms with Crippen LogP contribution >= 0.6 is 11.6 Å². The van der Waals surface area contributed by atoms with Crippen LogP contribution < -0.4 is 11.1 Å². The summed E-state index contributed by atoms with van der Waals surface area (Å²) in [5.41, 5.74) is 8.51. The normalized spacial score (nSPS) is 14.2. The molecule has 2 aromatic rings. The van der Waals surface area contributed by atoms with Gasteiger partial charge in [0.05, 0.1) is 23.8 Å². The average molecular weight is 374 g/mol. The molecule has 1 saturated heterocycles. The van der Waals surface area contributed by atoms with E-state index in [0.717, 1.165) is 5.56 Å². The second kappa shape index (κ2) is 7.76. The number of amides is 2. The number of carbonyl (C=O) groups excluding carboxylic acids is 2. The molecule has 0 spiro atoms. The fourth-order valence-electron chi connectivity index (χ4n) is 2.79. The van der Waals surface area contributed by atoms with Gasteiger partial charge in [0.2, 0.25) is 0 Å². The first kappa shape index (κ1) is 18.2. The molecule has 2 aromatic carbocycles. The van der Waals surface area contributed by atoms with Crippen molar-refractivity contribution in [1.82, 2.24) is 4.90 Å². The molecule has 6 nitrogen and oxygen atoms in total. The Balaban J connectivity index is 1.76. The zero-order chi connectivity index (χ0) is 18.7. The van der Waals surface area contributed by atoms with Crippen LogP contribution in [0.5, 0.6) is 0 Å². The maximum absolute atomic E-state index is 12.5. The highest BCUT2D eigenvalue weighted by atomic mass is 35.5. The molecule has 0 aromatic heterocycles. The number of hydrogen-bond acceptors (Lipinski definition) is 4. The van der Waals surface area contributed by atoms with Gasteiger partial charge in [-0.2, -0.15) is 0 Å². The van der Waals surface area contributed by atoms with Crippen molar-refractivity contribution in [3.63, 3.8) is 0 Å². The number of nitrogens with two attached hydrogens (primary N) is 1. The summed E-state index contributed by atoms with van der Waals surface area (Å²) in [5, 5.41) is 3.08. The zero-order valence-electron chi connectivity index (χ0n) is 14.4. The molecule has 0 bridgehead atoms. The molecule has 1 fully saturated rings. The van der Waals surface area contributed by atoms with Crippen LogP contribution in [0.4, 0.5) is 11.4 Å². The Bertz CT molecular complexity index is 848. The number of benzene rings is 2. The summed E-state index contributed by atoms with van der Waals surface area (Å²) >= 11 is 6.28. The first-order valence-electron chi connectivity index (χ1n) is 8.30. The highest BCUT2D eigenvalue weighted by molar-refractivity contribution is 6.34. The second-order valence-electron chi connectivity index (χ2n) is 6.13. The lowest BCUT2D eigenvalue weighted by Gasteiger charge is -2.27. The minimum absolute atomic E-state index is 0.136. The summed E-state index contributed by atoms with van der Waals surface area (Å²) in [6, 6.07) is 10.0. The molecule has 0 saturated carbocycles. The number of anilines is 2. The van der Waals surface area contributed by atoms with Gasteiger partial charge in [0.25, 0.3) is 11.8 Å². The number of nitrogens with one attached hydrogen (secondary N) is 1. The predicted octanol–water partition coefficient (Wildman–Crippen LogP) is 2.96. The standard InChI is InChI=1S/C19H20ClN3O3/c1-12-2-3-13(21)10-16(12)18(24)22-14-4-5-15(17(20)11-14)19(25)23-6-8-26-9-7-23/h2-5,10-11H,6-9,21H2,1H3,(H,22,24). The Kier molecular flexibility index (Phi) is 5.44. The van der Waals surface area contributed by atoms with Gasteiger partial charge in [-0.1, -0.05) is 17.7 Å². The fourth-order valence-corrected chi connectivity index (χ4v) is 3.05. The molecule has 1 heterocycles. The maximum Gasteiger partial charge on any atom is 0.256 e. The Morgan fingerprint density at radius 3 is 2.54 bits per heavy atom. The Hall–Kier alpha value is -2.57. The molecule has 1 aliphatic heterocycles. The van der Waals surface area contributed by atoms with Crippen molar-refractivity contribution < 1.29 is 14.3 Å². The van der Waals surface area contributed by atoms with Gasteiger partial charge in [0.1, 0.15) is 0 Å². The first-order chi connectivity index (χ1) is 12.5. The molecular formula is C19H20ClN3O3. The second-order valence-corrected chi connectivity index (χ2v) is 6.53. The van der Waals surface area contributed by atoms with E-state index in [0.29, 0.717) is 53.8 Å². The van der Waals surface area contributed by atoms with Gasteiger partial charge in [-0.25, -0.2) is 0 Å². The average Bonchev–Trinajstić information content (AvgIpc) is 2.64. The number of carbonyl (C=O) groups is 2. The number of aryl methyl sites for hydroxylation is 1. The smallest absolute Gasteiger partial charge is 0.256 e. The summed E-state index contributed by atoms with van der Waals surface area (Å²) < 4.78 is 5.26. The Morgan fingerprint density at radius 2 is 1.85 bits per heavy atom. The third-order valence-electron chi connectivity index (χ3n) is 4.26. The van der Waals surface area contributed by atoms with Crippen molar-refractivity contribution in [2.24, 2.45) is 0 Å². The minimum Gasteiger partial charge on any atom is -0.399 e. The van der Waals surface area contributed by atoms with E-state index < -0.39 is 0 Å². The van der Waals surface area contributed by atoms with Crippen molar-refractivity contribution >= 4 is 34.8 Å². The molecule has 3 N–H and O–H groups in total. The van der Waals surface area contributed by atoms with Gasteiger partial charge in [-0.15, -0.1) is 0 Å². The number of halogens is 1. The predicted molar refractivity (Wildman–Crippen MR) is 102 cm³/mol. The summed E-state index contributed by atoms with van der Waals surface area (Å²) in [6.07, 6.45) is 0. The van der Waals surface area contributed by atoms with Crippen molar-refractivity contribution in [3.05, 3.63) is 58.1 Å². The summed E-state index contributed by atoms with van der Waals surface area (Å²) in [7, 11) is 0. The van der Waals surface area contributed by atoms with Crippen molar-refractivity contribution in [3.8, 4) is 0 Å². The lowest BCUT2D eigenvalue weighted by atomic mass is 10.1. The van der Waals surface area contributed by atoms with E-state index in [-0.39, 0.29) is 11.8 Å². The first-order valence-corrected chi connectivity index (χ1v) is 8.67. The zero-order valence-corrected chi connectivity index (χ0v) is 15.2. The molecule has 0 aliphatic carbocycles. The van der Waals surface area contributed by atoms with Crippen LogP contribution in [0.2, 0.25) is 5.02 Å². The number of nitrogens with zero attached hydrogens (tertiary/aromatic N) is 1. The van der Waals surface area contributed by atoms with Gasteiger partial charge in [-0.3, -0.25) is 9.59 Å². The quantitative estimate of drug-likeness (QED) is 0.810. The molecule has 3 rings (SSSR count). The van der Waals surface area contributed by atoms with Gasteiger partial charge in [-0.05, 0) is 42.8 Å². The van der Waals surface area contributed by atoms with E-state index in [2.05, 4.69) is 5.32 Å². The van der Waals surface area contributed by atoms with Gasteiger partial charge >= 0.3 is 0 Å². The van der Waals surface area contributed by atoms with E-state index in [1.807, 2.05) is 6.92 Å². The van der Waals surface area contributed by atoms with E-state index in [1.54, 1.807) is 41.3 Å². The van der Waals surface area contributed by atoms with Gasteiger partial charge in [0.15, 0.2) is 0 Å². The summed E-state index contributed by atoms with van der Waals surface area (Å²) in [6.45, 7) is 3.98. The van der Waals surface area contributed by atoms with Crippen LogP contribution in [0.1, 0.15) is 26.3 Å². The van der Waals surface area contributed by atoms with E-state index in [4.69, 9.17) is 22.1 Å². The number of hydrogen-bond donors (Lipinski definition) is 2. The fraction of sp³-hybridized carbons (Fsp3) is 0.263. The molecule has 2 amide bonds. The lowest BCUT2D eigenvalue weighted by Crippen LogP contribution is -2.40. The van der Waals surface area contributed by atoms with Gasteiger partial charge in [0, 0.05) is 30.0 Å². The highest BCUT2D eigenvalue weighted by Gasteiger charge is 2.21. The summed E-state index contributed by atoms with van der Waals surface area (Å²) in [4.78, 5) is 26.7. The van der Waals surface area contributed by atoms with Crippen LogP contribution in [-0.2, 0) is 4.74 Å². The monoisotopic (exact) mass is 373 g/mol. The third kappa shape index (κ3) is 3.98. The van der Waals surface area contributed by atoms with Crippen LogP contribution in [-0.4, -0.2) is 43.0 Å². The largest absolute Gasteiger partial charge is 0.399 e. The molecule has 0 unspecified atom stereocenters. The third-order valence-corrected chi connectivity index (χ3v) is 4.57. The van der Waals surface area contributed by atoms with Crippen molar-refractivity contribution in [1.29, 1.82) is 0 Å². The summed E-state index contributed by atoms with van der Waals surface area (Å²) in [5.74, 6) is -0.416. The molecular weight excluding hydrogens is 354 g/mol. The molecule has 7 heteroatoms. The van der Waals surface area contributed by atoms with Crippen molar-refractivity contribution in [2.75, 3.05) is 37.4 Å². The minimum atomic E-state index is -0.280. The van der Waals surface area contributed by atoms with E-state index >= 15 is 0 Å². The number of rotatable bonds is 3. The molecule has 0 radical (unpaired) electrons. The molecule has 1 aliphatic rings. The van der Waals surface area contributed by atoms with Crippen LogP contribution in [0.3, 0.4) is 0 Å². The van der Waals surface area contributed by atoms with Crippen LogP contribution in [0.25, 0.3) is 0 Å². The Morgan fingerprint density at radius 1 is 1.12 bits per heavy atom. The van der Waals surface area contributed by atoms with Gasteiger partial charge < -0.3 is 20.7 Å². The number of morpholine rings is 1. The van der Waals surface area contributed by atoms with Crippen LogP contribution in [0.15, 0.2) is 36.4 Å². The Labute approximate surface area is 156 Å². The van der Waals surface area contributed by atoms with Crippen molar-refractivity contribution in [2.45, 2.75) is 6.92 Å². The number of ether oxygens (including phenoxy) is 1. The van der Waals surface area contributed by atoms with E-state index in [9.17, 15) is 9.59 Å². The lowest BCUT2D eigenvalue weighted by molar-refractivity contribution is 0.0303. The maximum atomic E-state index is 12.5. The topological polar surface area (TPSA) is 84.7 Å². The molecule has 0 atom stereocenters. The van der Waals surface area contributed by atoms with Crippen LogP contribution in [0, 0.1) is 6.92 Å². The number of nitrogen functional groups attached to an aromatic ring is 1. The SMILES string of the molecule is Cc1ccc(N)cc1C(=O)Nc1ccc(C(=O)N2CCOCC2)c(Cl)c1. The highest BCUT2D eigenvalue weighted by Crippen LogP contribution is 2.24. The molecule has 136 valence electrons.